The molecule has 0 bridgehead atoms. The zero-order valence-corrected chi connectivity index (χ0v) is 18.3. The Morgan fingerprint density at radius 2 is 2.19 bits per heavy atom. The van der Waals surface area contributed by atoms with Crippen LogP contribution in [0.4, 0.5) is 16.2 Å². The summed E-state index contributed by atoms with van der Waals surface area (Å²) in [5.41, 5.74) is 7.84. The van der Waals surface area contributed by atoms with Crippen molar-refractivity contribution in [3.05, 3.63) is 39.5 Å². The molecule has 31 heavy (non-hydrogen) atoms. The lowest BCUT2D eigenvalue weighted by Crippen LogP contribution is -2.48. The predicted molar refractivity (Wildman–Crippen MR) is 120 cm³/mol. The molecule has 3 atom stereocenters. The second kappa shape index (κ2) is 8.22. The third-order valence-corrected chi connectivity index (χ3v) is 7.14. The molecule has 2 aromatic rings. The molecule has 5 rings (SSSR count). The Labute approximate surface area is 188 Å². The van der Waals surface area contributed by atoms with Gasteiger partial charge in [-0.25, -0.2) is 4.79 Å². The van der Waals surface area contributed by atoms with Crippen LogP contribution in [-0.2, 0) is 4.74 Å². The van der Waals surface area contributed by atoms with Crippen molar-refractivity contribution in [2.24, 2.45) is 5.73 Å². The maximum atomic E-state index is 12.6. The van der Waals surface area contributed by atoms with E-state index < -0.39 is 12.2 Å². The Morgan fingerprint density at radius 1 is 1.32 bits per heavy atom. The number of halogens is 1. The molecule has 3 aliphatic heterocycles. The standard InChI is InChI=1S/C21H23ClN4O4S/c22-19-6-5-18(31-19)20(27)24-9-17-15-11-29-16-8-13(25-7-1-2-12(23)10-25)3-4-14(16)26(15)21(28)30-17/h3-6,8,12,15,17H,1-2,7,9-11,23H2,(H,24,27)/t12-,15-,17-/m0/s1. The number of fused-ring (bicyclic) bond motifs is 3. The molecule has 3 aliphatic rings. The summed E-state index contributed by atoms with van der Waals surface area (Å²) in [6.07, 6.45) is 1.17. The first-order chi connectivity index (χ1) is 15.0. The maximum Gasteiger partial charge on any atom is 0.415 e. The smallest absolute Gasteiger partial charge is 0.415 e. The van der Waals surface area contributed by atoms with E-state index in [1.807, 2.05) is 18.2 Å². The number of nitrogens with two attached hydrogens (primary N) is 1. The molecule has 3 N–H and O–H groups in total. The third-order valence-electron chi connectivity index (χ3n) is 5.91. The van der Waals surface area contributed by atoms with Crippen molar-refractivity contribution in [1.29, 1.82) is 0 Å². The fraction of sp³-hybridized carbons (Fsp3) is 0.429. The maximum absolute atomic E-state index is 12.6. The zero-order chi connectivity index (χ0) is 21.5. The second-order valence-corrected chi connectivity index (χ2v) is 9.70. The quantitative estimate of drug-likeness (QED) is 0.725. The van der Waals surface area contributed by atoms with Gasteiger partial charge in [0.2, 0.25) is 0 Å². The third kappa shape index (κ3) is 3.93. The lowest BCUT2D eigenvalue weighted by atomic mass is 10.0. The molecule has 0 spiro atoms. The fourth-order valence-electron chi connectivity index (χ4n) is 4.35. The Balaban J connectivity index is 1.29. The molecule has 0 unspecified atom stereocenters. The van der Waals surface area contributed by atoms with Crippen LogP contribution in [0.15, 0.2) is 30.3 Å². The Kier molecular flexibility index (Phi) is 5.41. The van der Waals surface area contributed by atoms with E-state index in [2.05, 4.69) is 10.2 Å². The van der Waals surface area contributed by atoms with Crippen LogP contribution in [0.25, 0.3) is 0 Å². The van der Waals surface area contributed by atoms with Crippen molar-refractivity contribution in [2.45, 2.75) is 31.0 Å². The van der Waals surface area contributed by atoms with E-state index in [0.717, 1.165) is 31.6 Å². The monoisotopic (exact) mass is 462 g/mol. The van der Waals surface area contributed by atoms with Gasteiger partial charge in [-0.15, -0.1) is 11.3 Å². The highest BCUT2D eigenvalue weighted by molar-refractivity contribution is 7.18. The number of thiophene rings is 1. The number of cyclic esters (lactones) is 1. The molecule has 10 heteroatoms. The van der Waals surface area contributed by atoms with Gasteiger partial charge in [0, 0.05) is 30.9 Å². The molecule has 0 saturated carbocycles. The van der Waals surface area contributed by atoms with Gasteiger partial charge < -0.3 is 25.4 Å². The van der Waals surface area contributed by atoms with Crippen LogP contribution in [0, 0.1) is 0 Å². The molecule has 1 aromatic carbocycles. The summed E-state index contributed by atoms with van der Waals surface area (Å²) in [5.74, 6) is 0.413. The van der Waals surface area contributed by atoms with Gasteiger partial charge in [0.25, 0.3) is 5.91 Å². The summed E-state index contributed by atoms with van der Waals surface area (Å²) < 4.78 is 12.1. The number of carbonyl (C=O) groups is 2. The highest BCUT2D eigenvalue weighted by atomic mass is 35.5. The van der Waals surface area contributed by atoms with Crippen molar-refractivity contribution < 1.29 is 19.1 Å². The fourth-order valence-corrected chi connectivity index (χ4v) is 5.31. The van der Waals surface area contributed by atoms with Crippen molar-refractivity contribution in [3.8, 4) is 5.75 Å². The molecular formula is C21H23ClN4O4S. The minimum absolute atomic E-state index is 0.171. The molecule has 0 aliphatic carbocycles. The number of nitrogens with one attached hydrogen (secondary N) is 1. The average molecular weight is 463 g/mol. The van der Waals surface area contributed by atoms with Gasteiger partial charge in [-0.2, -0.15) is 0 Å². The van der Waals surface area contributed by atoms with Crippen LogP contribution in [0.5, 0.6) is 5.75 Å². The Hall–Kier alpha value is -2.49. The number of ether oxygens (including phenoxy) is 2. The number of amides is 2. The highest BCUT2D eigenvalue weighted by Gasteiger charge is 2.46. The van der Waals surface area contributed by atoms with Crippen LogP contribution in [0.1, 0.15) is 22.5 Å². The lowest BCUT2D eigenvalue weighted by molar-refractivity contribution is 0.0890. The summed E-state index contributed by atoms with van der Waals surface area (Å²) in [6, 6.07) is 9.06. The molecular weight excluding hydrogens is 440 g/mol. The molecule has 2 amide bonds. The van der Waals surface area contributed by atoms with Crippen LogP contribution in [0.3, 0.4) is 0 Å². The van der Waals surface area contributed by atoms with E-state index in [0.29, 0.717) is 27.3 Å². The van der Waals surface area contributed by atoms with Crippen molar-refractivity contribution in [1.82, 2.24) is 5.32 Å². The number of anilines is 2. The van der Waals surface area contributed by atoms with Crippen LogP contribution >= 0.6 is 22.9 Å². The second-order valence-electron chi connectivity index (χ2n) is 7.98. The van der Waals surface area contributed by atoms with Crippen molar-refractivity contribution >= 4 is 46.3 Å². The molecule has 1 aromatic heterocycles. The average Bonchev–Trinajstić information content (AvgIpc) is 3.35. The van der Waals surface area contributed by atoms with Crippen LogP contribution in [0.2, 0.25) is 4.34 Å². The first kappa shape index (κ1) is 20.4. The summed E-state index contributed by atoms with van der Waals surface area (Å²) in [6.45, 7) is 2.26. The summed E-state index contributed by atoms with van der Waals surface area (Å²) in [4.78, 5) is 29.3. The summed E-state index contributed by atoms with van der Waals surface area (Å²) in [5, 5.41) is 2.82. The number of rotatable bonds is 4. The molecule has 8 nitrogen and oxygen atoms in total. The number of hydrogen-bond donors (Lipinski definition) is 2. The van der Waals surface area contributed by atoms with Gasteiger partial charge in [0.15, 0.2) is 0 Å². The normalized spacial score (nSPS) is 24.8. The van der Waals surface area contributed by atoms with E-state index in [1.165, 1.54) is 11.3 Å². The number of piperidine rings is 1. The number of nitrogens with zero attached hydrogens (tertiary/aromatic N) is 2. The molecule has 4 heterocycles. The molecule has 2 saturated heterocycles. The van der Waals surface area contributed by atoms with Gasteiger partial charge in [-0.1, -0.05) is 11.6 Å². The molecule has 164 valence electrons. The van der Waals surface area contributed by atoms with E-state index in [9.17, 15) is 9.59 Å². The van der Waals surface area contributed by atoms with Crippen LogP contribution < -0.4 is 25.6 Å². The zero-order valence-electron chi connectivity index (χ0n) is 16.8. The first-order valence-electron chi connectivity index (χ1n) is 10.3. The first-order valence-corrected chi connectivity index (χ1v) is 11.5. The summed E-state index contributed by atoms with van der Waals surface area (Å²) >= 11 is 7.10. The SMILES string of the molecule is N[C@H]1CCCN(c2ccc3c(c2)OC[C@H]2[C@H](CNC(=O)c4ccc(Cl)s4)OC(=O)N32)C1. The number of benzene rings is 1. The van der Waals surface area contributed by atoms with Gasteiger partial charge in [0.1, 0.15) is 24.5 Å². The van der Waals surface area contributed by atoms with Gasteiger partial charge in [0.05, 0.1) is 21.4 Å². The van der Waals surface area contributed by atoms with E-state index in [4.69, 9.17) is 26.8 Å². The van der Waals surface area contributed by atoms with Gasteiger partial charge >= 0.3 is 6.09 Å². The van der Waals surface area contributed by atoms with Crippen molar-refractivity contribution in [3.63, 3.8) is 0 Å². The van der Waals surface area contributed by atoms with E-state index in [1.54, 1.807) is 17.0 Å². The lowest BCUT2D eigenvalue weighted by Gasteiger charge is -2.35. The van der Waals surface area contributed by atoms with E-state index in [-0.39, 0.29) is 24.5 Å². The largest absolute Gasteiger partial charge is 0.489 e. The number of hydrogen-bond acceptors (Lipinski definition) is 7. The highest BCUT2D eigenvalue weighted by Crippen LogP contribution is 2.41. The van der Waals surface area contributed by atoms with Gasteiger partial charge in [-0.3, -0.25) is 9.69 Å². The molecule has 0 radical (unpaired) electrons. The van der Waals surface area contributed by atoms with Crippen molar-refractivity contribution in [2.75, 3.05) is 36.0 Å². The summed E-state index contributed by atoms with van der Waals surface area (Å²) in [7, 11) is 0. The topological polar surface area (TPSA) is 97.1 Å². The van der Waals surface area contributed by atoms with E-state index >= 15 is 0 Å². The Bertz CT molecular complexity index is 1020. The molecule has 2 fully saturated rings. The van der Waals surface area contributed by atoms with Gasteiger partial charge in [-0.05, 0) is 37.1 Å². The predicted octanol–water partition coefficient (Wildman–Crippen LogP) is 2.85. The minimum Gasteiger partial charge on any atom is -0.489 e. The van der Waals surface area contributed by atoms with Crippen LogP contribution in [-0.4, -0.2) is 56.4 Å². The number of carbonyl (C=O) groups excluding carboxylic acids is 2. The Morgan fingerprint density at radius 3 is 2.97 bits per heavy atom. The minimum atomic E-state index is -0.500.